The zero-order valence-electron chi connectivity index (χ0n) is 14.7. The topological polar surface area (TPSA) is 43.9 Å². The van der Waals surface area contributed by atoms with Gasteiger partial charge in [0.25, 0.3) is 0 Å². The molecule has 0 saturated heterocycles. The molecule has 3 heterocycles. The highest BCUT2D eigenvalue weighted by Crippen LogP contribution is 2.34. The molecule has 0 atom stereocenters. The van der Waals surface area contributed by atoms with E-state index in [1.54, 1.807) is 0 Å². The Hall–Kier alpha value is -3.07. The van der Waals surface area contributed by atoms with Gasteiger partial charge in [-0.2, -0.15) is 0 Å². The fraction of sp³-hybridized carbons (Fsp3) is 0.136. The molecule has 1 aliphatic heterocycles. The molecular formula is C22H21N3. The van der Waals surface area contributed by atoms with E-state index < -0.39 is 0 Å². The minimum absolute atomic E-state index is 0.995. The van der Waals surface area contributed by atoms with Crippen LogP contribution in [0.1, 0.15) is 27.9 Å². The summed E-state index contributed by atoms with van der Waals surface area (Å²) in [6.07, 6.45) is 7.85. The van der Waals surface area contributed by atoms with Crippen LogP contribution in [0.25, 0.3) is 17.0 Å². The molecule has 4 rings (SSSR count). The minimum atomic E-state index is 0.995. The summed E-state index contributed by atoms with van der Waals surface area (Å²) in [4.78, 5) is 11.4. The van der Waals surface area contributed by atoms with Gasteiger partial charge in [0.2, 0.25) is 0 Å². The Kier molecular flexibility index (Phi) is 3.77. The Morgan fingerprint density at radius 2 is 1.76 bits per heavy atom. The monoisotopic (exact) mass is 327 g/mol. The van der Waals surface area contributed by atoms with Crippen molar-refractivity contribution in [2.45, 2.75) is 20.8 Å². The summed E-state index contributed by atoms with van der Waals surface area (Å²) in [6.45, 7) is 6.49. The van der Waals surface area contributed by atoms with Gasteiger partial charge in [-0.25, -0.2) is 0 Å². The predicted molar refractivity (Wildman–Crippen MR) is 105 cm³/mol. The maximum atomic E-state index is 4.58. The molecular weight excluding hydrogens is 306 g/mol. The second-order valence-electron chi connectivity index (χ2n) is 6.54. The fourth-order valence-corrected chi connectivity index (χ4v) is 3.62. The number of hydrogen-bond acceptors (Lipinski definition) is 1. The van der Waals surface area contributed by atoms with E-state index in [1.807, 2.05) is 24.6 Å². The van der Waals surface area contributed by atoms with Crippen molar-refractivity contribution in [1.29, 1.82) is 0 Å². The van der Waals surface area contributed by atoms with Gasteiger partial charge in [-0.05, 0) is 73.9 Å². The van der Waals surface area contributed by atoms with Crippen LogP contribution >= 0.6 is 0 Å². The standard InChI is InChI=1S/C22H21N3/c1-14-12-15(2)21(16(3)13-14)22(19-7-5-11-24-19)20-9-8-18(25-20)17-6-4-10-23-17/h4-13,23,25H,1-3H3/b22-19+. The highest BCUT2D eigenvalue weighted by atomic mass is 14.8. The highest BCUT2D eigenvalue weighted by molar-refractivity contribution is 5.90. The first-order valence-electron chi connectivity index (χ1n) is 8.50. The average molecular weight is 327 g/mol. The highest BCUT2D eigenvalue weighted by Gasteiger charge is 2.18. The number of hydrogen-bond donors (Lipinski definition) is 2. The molecule has 3 nitrogen and oxygen atoms in total. The number of aryl methyl sites for hydroxylation is 3. The lowest BCUT2D eigenvalue weighted by molar-refractivity contribution is 1.24. The number of nitrogens with one attached hydrogen (secondary N) is 2. The molecule has 2 aromatic heterocycles. The lowest BCUT2D eigenvalue weighted by Crippen LogP contribution is -1.99. The molecule has 0 aliphatic carbocycles. The van der Waals surface area contributed by atoms with E-state index in [0.717, 1.165) is 28.4 Å². The quantitative estimate of drug-likeness (QED) is 0.652. The summed E-state index contributed by atoms with van der Waals surface area (Å²) in [5, 5.41) is 0. The van der Waals surface area contributed by atoms with Crippen LogP contribution in [0.3, 0.4) is 0 Å². The van der Waals surface area contributed by atoms with Gasteiger partial charge in [0.05, 0.1) is 17.1 Å². The molecule has 1 aliphatic rings. The Labute approximate surface area is 147 Å². The van der Waals surface area contributed by atoms with Crippen molar-refractivity contribution in [3.05, 3.63) is 88.4 Å². The van der Waals surface area contributed by atoms with Crippen molar-refractivity contribution < 1.29 is 0 Å². The van der Waals surface area contributed by atoms with Gasteiger partial charge < -0.3 is 9.97 Å². The summed E-state index contributed by atoms with van der Waals surface area (Å²) in [5.41, 5.74) is 10.5. The third kappa shape index (κ3) is 2.78. The van der Waals surface area contributed by atoms with E-state index in [0.29, 0.717) is 0 Å². The van der Waals surface area contributed by atoms with Gasteiger partial charge >= 0.3 is 0 Å². The SMILES string of the molecule is Cc1cc(C)c(/C(=C2\C=CC=N2)c2ccc(-c3ccc[nH]3)[nH]2)c(C)c1. The zero-order chi connectivity index (χ0) is 17.4. The van der Waals surface area contributed by atoms with Crippen LogP contribution in [-0.4, -0.2) is 16.2 Å². The van der Waals surface area contributed by atoms with E-state index in [-0.39, 0.29) is 0 Å². The molecule has 3 aromatic rings. The number of H-pyrrole nitrogens is 2. The molecule has 0 fully saturated rings. The largest absolute Gasteiger partial charge is 0.360 e. The first kappa shape index (κ1) is 15.5. The van der Waals surface area contributed by atoms with Crippen molar-refractivity contribution in [2.75, 3.05) is 0 Å². The molecule has 1 aromatic carbocycles. The van der Waals surface area contributed by atoms with Crippen molar-refractivity contribution >= 4 is 11.8 Å². The average Bonchev–Trinajstić information content (AvgIpc) is 3.32. The van der Waals surface area contributed by atoms with Crippen LogP contribution < -0.4 is 0 Å². The van der Waals surface area contributed by atoms with Crippen LogP contribution in [0.5, 0.6) is 0 Å². The third-order valence-corrected chi connectivity index (χ3v) is 4.58. The predicted octanol–water partition coefficient (Wildman–Crippen LogP) is 5.34. The Morgan fingerprint density at radius 3 is 2.40 bits per heavy atom. The molecule has 0 spiro atoms. The van der Waals surface area contributed by atoms with Gasteiger partial charge in [-0.1, -0.05) is 17.7 Å². The molecule has 0 radical (unpaired) electrons. The second-order valence-corrected chi connectivity index (χ2v) is 6.54. The van der Waals surface area contributed by atoms with E-state index >= 15 is 0 Å². The zero-order valence-corrected chi connectivity index (χ0v) is 14.7. The number of aliphatic imine (C=N–C) groups is 1. The molecule has 0 unspecified atom stereocenters. The van der Waals surface area contributed by atoms with E-state index in [1.165, 1.54) is 22.3 Å². The van der Waals surface area contributed by atoms with Crippen LogP contribution in [-0.2, 0) is 0 Å². The fourth-order valence-electron chi connectivity index (χ4n) is 3.62. The number of allylic oxidation sites excluding steroid dienone is 2. The molecule has 0 bridgehead atoms. The molecule has 0 amide bonds. The lowest BCUT2D eigenvalue weighted by atomic mass is 9.91. The Bertz CT molecular complexity index is 974. The maximum Gasteiger partial charge on any atom is 0.0729 e. The minimum Gasteiger partial charge on any atom is -0.360 e. The summed E-state index contributed by atoms with van der Waals surface area (Å²) in [7, 11) is 0. The molecule has 3 heteroatoms. The van der Waals surface area contributed by atoms with E-state index in [4.69, 9.17) is 0 Å². The molecule has 25 heavy (non-hydrogen) atoms. The van der Waals surface area contributed by atoms with Crippen LogP contribution in [0.4, 0.5) is 0 Å². The van der Waals surface area contributed by atoms with Gasteiger partial charge in [-0.15, -0.1) is 0 Å². The first-order valence-corrected chi connectivity index (χ1v) is 8.50. The molecule has 124 valence electrons. The Morgan fingerprint density at radius 1 is 0.960 bits per heavy atom. The van der Waals surface area contributed by atoms with Crippen LogP contribution in [0.15, 0.2) is 65.4 Å². The summed E-state index contributed by atoms with van der Waals surface area (Å²) >= 11 is 0. The number of rotatable bonds is 3. The van der Waals surface area contributed by atoms with Crippen molar-refractivity contribution in [2.24, 2.45) is 4.99 Å². The number of aromatic nitrogens is 2. The van der Waals surface area contributed by atoms with E-state index in [9.17, 15) is 0 Å². The smallest absolute Gasteiger partial charge is 0.0729 e. The normalized spacial score (nSPS) is 15.2. The molecule has 2 N–H and O–H groups in total. The maximum absolute atomic E-state index is 4.58. The van der Waals surface area contributed by atoms with E-state index in [2.05, 4.69) is 72.1 Å². The van der Waals surface area contributed by atoms with Gasteiger partial charge in [0, 0.05) is 23.7 Å². The Balaban J connectivity index is 1.92. The number of aromatic amines is 2. The van der Waals surface area contributed by atoms with Crippen LogP contribution in [0, 0.1) is 20.8 Å². The lowest BCUT2D eigenvalue weighted by Gasteiger charge is -2.16. The first-order chi connectivity index (χ1) is 12.1. The summed E-state index contributed by atoms with van der Waals surface area (Å²) < 4.78 is 0. The number of benzene rings is 1. The van der Waals surface area contributed by atoms with Crippen molar-refractivity contribution in [3.63, 3.8) is 0 Å². The third-order valence-electron chi connectivity index (χ3n) is 4.58. The summed E-state index contributed by atoms with van der Waals surface area (Å²) in [5.74, 6) is 0. The van der Waals surface area contributed by atoms with Crippen LogP contribution in [0.2, 0.25) is 0 Å². The molecule has 0 saturated carbocycles. The van der Waals surface area contributed by atoms with Crippen molar-refractivity contribution in [1.82, 2.24) is 9.97 Å². The second kappa shape index (κ2) is 6.10. The van der Waals surface area contributed by atoms with Gasteiger partial charge in [-0.3, -0.25) is 4.99 Å². The summed E-state index contributed by atoms with van der Waals surface area (Å²) in [6, 6.07) is 12.8. The number of nitrogens with zero attached hydrogens (tertiary/aromatic N) is 1. The van der Waals surface area contributed by atoms with Crippen molar-refractivity contribution in [3.8, 4) is 11.4 Å². The van der Waals surface area contributed by atoms with Gasteiger partial charge in [0.15, 0.2) is 0 Å². The van der Waals surface area contributed by atoms with Gasteiger partial charge in [0.1, 0.15) is 0 Å².